The van der Waals surface area contributed by atoms with Gasteiger partial charge >= 0.3 is 0 Å². The number of nitrogens with two attached hydrogens (primary N) is 1. The van der Waals surface area contributed by atoms with E-state index >= 15 is 0 Å². The molecular formula is C23H33Cl2N3O2. The fourth-order valence-electron chi connectivity index (χ4n) is 4.17. The molecule has 0 bridgehead atoms. The van der Waals surface area contributed by atoms with E-state index in [0.717, 1.165) is 53.8 Å². The molecule has 0 radical (unpaired) electrons. The lowest BCUT2D eigenvalue weighted by Crippen LogP contribution is -2.45. The van der Waals surface area contributed by atoms with Crippen molar-refractivity contribution in [1.29, 1.82) is 0 Å². The van der Waals surface area contributed by atoms with Gasteiger partial charge in [0.05, 0.1) is 12.0 Å². The lowest BCUT2D eigenvalue weighted by atomic mass is 9.68. The Kier molecular flexibility index (Phi) is 10.1. The van der Waals surface area contributed by atoms with E-state index in [1.165, 1.54) is 0 Å². The second kappa shape index (κ2) is 11.5. The van der Waals surface area contributed by atoms with Crippen molar-refractivity contribution < 1.29 is 9.53 Å². The zero-order valence-corrected chi connectivity index (χ0v) is 19.6. The third-order valence-electron chi connectivity index (χ3n) is 6.01. The molecule has 1 aromatic carbocycles. The Balaban J connectivity index is 0.00000225. The minimum Gasteiger partial charge on any atom is -0.494 e. The summed E-state index contributed by atoms with van der Waals surface area (Å²) in [6.45, 7) is 4.54. The highest BCUT2D eigenvalue weighted by molar-refractivity contribution is 5.85. The molecular weight excluding hydrogens is 421 g/mol. The van der Waals surface area contributed by atoms with Crippen LogP contribution in [0.4, 0.5) is 0 Å². The first-order valence-corrected chi connectivity index (χ1v) is 10.1. The normalized spacial score (nSPS) is 20.6. The van der Waals surface area contributed by atoms with Crippen molar-refractivity contribution in [3.05, 3.63) is 47.8 Å². The highest BCUT2D eigenvalue weighted by Gasteiger charge is 2.40. The topological polar surface area (TPSA) is 77.2 Å². The third kappa shape index (κ3) is 5.87. The molecule has 2 aromatic rings. The van der Waals surface area contributed by atoms with Crippen molar-refractivity contribution in [2.24, 2.45) is 11.1 Å². The Morgan fingerprint density at radius 3 is 2.40 bits per heavy atom. The molecule has 5 nitrogen and oxygen atoms in total. The van der Waals surface area contributed by atoms with Crippen LogP contribution in [0.5, 0.6) is 5.75 Å². The summed E-state index contributed by atoms with van der Waals surface area (Å²) < 4.78 is 5.88. The van der Waals surface area contributed by atoms with Crippen molar-refractivity contribution in [2.45, 2.75) is 52.0 Å². The number of aromatic nitrogens is 1. The van der Waals surface area contributed by atoms with Crippen LogP contribution < -0.4 is 15.8 Å². The number of ether oxygens (including phenoxy) is 1. The van der Waals surface area contributed by atoms with Crippen LogP contribution in [0.1, 0.15) is 43.9 Å². The molecule has 0 unspecified atom stereocenters. The van der Waals surface area contributed by atoms with Crippen molar-refractivity contribution in [3.8, 4) is 16.9 Å². The number of aryl methyl sites for hydroxylation is 1. The predicted molar refractivity (Wildman–Crippen MR) is 127 cm³/mol. The minimum atomic E-state index is -0.511. The molecule has 1 aliphatic carbocycles. The van der Waals surface area contributed by atoms with Crippen LogP contribution in [0, 0.1) is 12.3 Å². The molecule has 1 saturated carbocycles. The zero-order valence-electron chi connectivity index (χ0n) is 17.9. The molecule has 0 aliphatic heterocycles. The van der Waals surface area contributed by atoms with Crippen molar-refractivity contribution in [3.63, 3.8) is 0 Å². The van der Waals surface area contributed by atoms with Crippen LogP contribution in [0.3, 0.4) is 0 Å². The number of primary amides is 1. The van der Waals surface area contributed by atoms with Gasteiger partial charge in [0.2, 0.25) is 5.91 Å². The molecule has 0 atom stereocenters. The summed E-state index contributed by atoms with van der Waals surface area (Å²) in [4.78, 5) is 16.9. The van der Waals surface area contributed by atoms with Gasteiger partial charge in [-0.25, -0.2) is 0 Å². The molecule has 1 amide bonds. The highest BCUT2D eigenvalue weighted by Crippen LogP contribution is 2.41. The van der Waals surface area contributed by atoms with Gasteiger partial charge in [-0.15, -0.1) is 24.8 Å². The van der Waals surface area contributed by atoms with Gasteiger partial charge in [0.1, 0.15) is 5.75 Å². The maximum atomic E-state index is 12.5. The van der Waals surface area contributed by atoms with E-state index in [-0.39, 0.29) is 30.7 Å². The molecule has 1 heterocycles. The molecule has 1 aromatic heterocycles. The number of nitrogens with one attached hydrogen (secondary N) is 1. The molecule has 1 fully saturated rings. The van der Waals surface area contributed by atoms with E-state index in [9.17, 15) is 4.79 Å². The van der Waals surface area contributed by atoms with E-state index in [1.54, 1.807) is 0 Å². The van der Waals surface area contributed by atoms with Gasteiger partial charge in [-0.1, -0.05) is 12.1 Å². The number of amides is 1. The molecule has 1 aliphatic rings. The summed E-state index contributed by atoms with van der Waals surface area (Å²) in [5.41, 5.74) is 9.57. The van der Waals surface area contributed by atoms with E-state index in [2.05, 4.69) is 28.5 Å². The fourth-order valence-corrected chi connectivity index (χ4v) is 4.17. The second-order valence-electron chi connectivity index (χ2n) is 7.83. The Morgan fingerprint density at radius 1 is 1.20 bits per heavy atom. The van der Waals surface area contributed by atoms with Gasteiger partial charge in [0.25, 0.3) is 0 Å². The average Bonchev–Trinajstić information content (AvgIpc) is 2.70. The lowest BCUT2D eigenvalue weighted by Gasteiger charge is -2.38. The maximum Gasteiger partial charge on any atom is 0.223 e. The summed E-state index contributed by atoms with van der Waals surface area (Å²) in [5.74, 6) is 0.634. The number of rotatable bonds is 7. The number of halogens is 2. The highest BCUT2D eigenvalue weighted by atomic mass is 35.5. The number of hydrogen-bond acceptors (Lipinski definition) is 4. The van der Waals surface area contributed by atoms with E-state index in [0.29, 0.717) is 19.1 Å². The molecule has 7 heteroatoms. The fraction of sp³-hybridized carbons (Fsp3) is 0.478. The van der Waals surface area contributed by atoms with Crippen LogP contribution in [0.15, 0.2) is 36.5 Å². The standard InChI is InChI=1S/C23H31N3O2.2ClH/c1-4-28-21-8-7-17(18-6-5-16(2)26-15-18)13-19(21)14-23(22(24)27)11-9-20(25-3)10-12-23;;/h5-8,13,15,20,25H,4,9-12,14H2,1-3H3,(H2,24,27);2*1H. The predicted octanol–water partition coefficient (Wildman–Crippen LogP) is 4.48. The molecule has 30 heavy (non-hydrogen) atoms. The number of pyridine rings is 1. The van der Waals surface area contributed by atoms with Crippen molar-refractivity contribution in [2.75, 3.05) is 13.7 Å². The number of hydrogen-bond donors (Lipinski definition) is 2. The van der Waals surface area contributed by atoms with E-state index in [4.69, 9.17) is 10.5 Å². The van der Waals surface area contributed by atoms with Crippen molar-refractivity contribution in [1.82, 2.24) is 10.3 Å². The average molecular weight is 454 g/mol. The summed E-state index contributed by atoms with van der Waals surface area (Å²) >= 11 is 0. The largest absolute Gasteiger partial charge is 0.494 e. The molecule has 0 saturated heterocycles. The molecule has 3 N–H and O–H groups in total. The van der Waals surface area contributed by atoms with Gasteiger partial charge in [0, 0.05) is 23.5 Å². The first kappa shape index (κ1) is 26.2. The Bertz CT molecular complexity index is 820. The summed E-state index contributed by atoms with van der Waals surface area (Å²) in [6, 6.07) is 10.7. The van der Waals surface area contributed by atoms with E-state index in [1.807, 2.05) is 39.2 Å². The van der Waals surface area contributed by atoms with Gasteiger partial charge in [-0.3, -0.25) is 9.78 Å². The SMILES string of the molecule is CCOc1ccc(-c2ccc(C)nc2)cc1CC1(C(N)=O)CCC(NC)CC1.Cl.Cl. The van der Waals surface area contributed by atoms with E-state index < -0.39 is 5.41 Å². The van der Waals surface area contributed by atoms with Crippen LogP contribution in [-0.2, 0) is 11.2 Å². The summed E-state index contributed by atoms with van der Waals surface area (Å²) in [6.07, 6.45) is 6.03. The van der Waals surface area contributed by atoms with Gasteiger partial charge in [0.15, 0.2) is 0 Å². The zero-order chi connectivity index (χ0) is 20.1. The summed E-state index contributed by atoms with van der Waals surface area (Å²) in [7, 11) is 1.98. The first-order valence-electron chi connectivity index (χ1n) is 10.1. The lowest BCUT2D eigenvalue weighted by molar-refractivity contribution is -0.129. The molecule has 3 rings (SSSR count). The molecule has 0 spiro atoms. The maximum absolute atomic E-state index is 12.5. The number of carbonyl (C=O) groups is 1. The number of benzene rings is 1. The smallest absolute Gasteiger partial charge is 0.223 e. The Hall–Kier alpha value is -1.82. The van der Waals surface area contributed by atoms with Gasteiger partial charge in [-0.2, -0.15) is 0 Å². The Labute approximate surface area is 192 Å². The number of carbonyl (C=O) groups excluding carboxylic acids is 1. The van der Waals surface area contributed by atoms with Crippen LogP contribution in [0.2, 0.25) is 0 Å². The third-order valence-corrected chi connectivity index (χ3v) is 6.01. The van der Waals surface area contributed by atoms with Crippen molar-refractivity contribution >= 4 is 30.7 Å². The second-order valence-corrected chi connectivity index (χ2v) is 7.83. The van der Waals surface area contributed by atoms with Crippen LogP contribution in [-0.4, -0.2) is 30.6 Å². The molecule has 166 valence electrons. The van der Waals surface area contributed by atoms with Gasteiger partial charge in [-0.05, 0) is 82.3 Å². The first-order chi connectivity index (χ1) is 13.5. The number of nitrogens with zero attached hydrogens (tertiary/aromatic N) is 1. The Morgan fingerprint density at radius 2 is 1.87 bits per heavy atom. The van der Waals surface area contributed by atoms with Gasteiger partial charge < -0.3 is 15.8 Å². The quantitative estimate of drug-likeness (QED) is 0.647. The monoisotopic (exact) mass is 453 g/mol. The van der Waals surface area contributed by atoms with Crippen LogP contribution in [0.25, 0.3) is 11.1 Å². The van der Waals surface area contributed by atoms with Crippen LogP contribution >= 0.6 is 24.8 Å². The summed E-state index contributed by atoms with van der Waals surface area (Å²) in [5, 5.41) is 3.33. The minimum absolute atomic E-state index is 0.